The molecule has 0 saturated carbocycles. The third-order valence-electron chi connectivity index (χ3n) is 7.77. The highest BCUT2D eigenvalue weighted by Crippen LogP contribution is 2.14. The van der Waals surface area contributed by atoms with Crippen molar-refractivity contribution in [3.8, 4) is 0 Å². The minimum atomic E-state index is -0.650. The molecule has 3 heteroatoms. The summed E-state index contributed by atoms with van der Waals surface area (Å²) in [5.74, 6) is -0.650. The molecule has 0 aliphatic heterocycles. The van der Waals surface area contributed by atoms with Gasteiger partial charge < -0.3 is 10.0 Å². The minimum Gasteiger partial charge on any atom is -0.481 e. The largest absolute Gasteiger partial charge is 0.481 e. The van der Waals surface area contributed by atoms with E-state index in [9.17, 15) is 4.79 Å². The summed E-state index contributed by atoms with van der Waals surface area (Å²) in [6.45, 7) is 8.09. The highest BCUT2D eigenvalue weighted by molar-refractivity contribution is 5.66. The second-order valence-electron chi connectivity index (χ2n) is 11.5. The molecule has 216 valence electrons. The lowest BCUT2D eigenvalue weighted by molar-refractivity contribution is -0.137. The molecule has 1 N–H and O–H groups in total. The van der Waals surface area contributed by atoms with Crippen molar-refractivity contribution in [1.82, 2.24) is 4.90 Å². The highest BCUT2D eigenvalue weighted by Gasteiger charge is 2.06. The van der Waals surface area contributed by atoms with Gasteiger partial charge in [-0.3, -0.25) is 4.79 Å². The molecule has 0 aliphatic rings. The van der Waals surface area contributed by atoms with Gasteiger partial charge in [-0.2, -0.15) is 0 Å². The molecule has 0 aromatic rings. The van der Waals surface area contributed by atoms with E-state index in [1.165, 1.54) is 167 Å². The first kappa shape index (κ1) is 35.4. The fraction of sp³-hybridized carbons (Fsp3) is 0.970. The Balaban J connectivity index is 3.74. The van der Waals surface area contributed by atoms with E-state index < -0.39 is 5.97 Å². The van der Waals surface area contributed by atoms with Gasteiger partial charge in [-0.15, -0.1) is 0 Å². The van der Waals surface area contributed by atoms with Gasteiger partial charge in [0.15, 0.2) is 0 Å². The number of hydrogen-bond donors (Lipinski definition) is 1. The molecule has 0 amide bonds. The van der Waals surface area contributed by atoms with E-state index in [1.807, 2.05) is 0 Å². The van der Waals surface area contributed by atoms with E-state index >= 15 is 0 Å². The molecule has 36 heavy (non-hydrogen) atoms. The molecule has 0 bridgehead atoms. The van der Waals surface area contributed by atoms with Crippen LogP contribution in [-0.2, 0) is 4.79 Å². The number of carbonyl (C=O) groups is 1. The van der Waals surface area contributed by atoms with Crippen molar-refractivity contribution in [3.05, 3.63) is 0 Å². The fourth-order valence-corrected chi connectivity index (χ4v) is 5.30. The molecule has 0 atom stereocenters. The van der Waals surface area contributed by atoms with Crippen molar-refractivity contribution in [3.63, 3.8) is 0 Å². The Bertz CT molecular complexity index is 398. The van der Waals surface area contributed by atoms with Crippen molar-refractivity contribution >= 4 is 5.97 Å². The fourth-order valence-electron chi connectivity index (χ4n) is 5.30. The average Bonchev–Trinajstić information content (AvgIpc) is 2.87. The number of unbranched alkanes of at least 4 members (excludes halogenated alkanes) is 23. The molecule has 0 saturated heterocycles. The van der Waals surface area contributed by atoms with Crippen LogP contribution in [0.4, 0.5) is 0 Å². The van der Waals surface area contributed by atoms with E-state index in [2.05, 4.69) is 18.7 Å². The predicted molar refractivity (Wildman–Crippen MR) is 160 cm³/mol. The van der Waals surface area contributed by atoms with E-state index in [0.717, 1.165) is 19.4 Å². The van der Waals surface area contributed by atoms with Crippen molar-refractivity contribution in [1.29, 1.82) is 0 Å². The maximum atomic E-state index is 10.8. The van der Waals surface area contributed by atoms with Crippen LogP contribution in [0.3, 0.4) is 0 Å². The topological polar surface area (TPSA) is 40.5 Å². The zero-order chi connectivity index (χ0) is 26.4. The number of nitrogens with zero attached hydrogens (tertiary/aromatic N) is 1. The van der Waals surface area contributed by atoms with Crippen molar-refractivity contribution in [2.75, 3.05) is 19.6 Å². The molecule has 0 unspecified atom stereocenters. The number of aliphatic carboxylic acids is 1. The standard InChI is InChI=1S/C33H67NO2/c1-3-5-7-9-11-13-15-17-19-21-23-26-30-34(32-28-25-29-33(35)36)31-27-24-22-20-18-16-14-12-10-8-6-4-2/h3-32H2,1-2H3,(H,35,36). The van der Waals surface area contributed by atoms with Gasteiger partial charge in [0.2, 0.25) is 0 Å². The number of carboxylic acid groups (broad SMARTS) is 1. The minimum absolute atomic E-state index is 0.324. The second kappa shape index (κ2) is 30.7. The van der Waals surface area contributed by atoms with E-state index in [0.29, 0.717) is 6.42 Å². The van der Waals surface area contributed by atoms with Gasteiger partial charge >= 0.3 is 5.97 Å². The molecule has 0 aromatic carbocycles. The smallest absolute Gasteiger partial charge is 0.303 e. The molecule has 3 nitrogen and oxygen atoms in total. The first-order valence-corrected chi connectivity index (χ1v) is 16.6. The second-order valence-corrected chi connectivity index (χ2v) is 11.5. The van der Waals surface area contributed by atoms with Crippen LogP contribution >= 0.6 is 0 Å². The Kier molecular flexibility index (Phi) is 30.2. The lowest BCUT2D eigenvalue weighted by atomic mass is 10.0. The Labute approximate surface area is 227 Å². The molecular formula is C33H67NO2. The van der Waals surface area contributed by atoms with E-state index in [4.69, 9.17) is 5.11 Å². The van der Waals surface area contributed by atoms with Crippen molar-refractivity contribution in [2.45, 2.75) is 187 Å². The number of carboxylic acids is 1. The zero-order valence-corrected chi connectivity index (χ0v) is 25.0. The summed E-state index contributed by atoms with van der Waals surface area (Å²) >= 11 is 0. The lowest BCUT2D eigenvalue weighted by Crippen LogP contribution is -2.27. The predicted octanol–water partition coefficient (Wildman–Crippen LogP) is 10.9. The van der Waals surface area contributed by atoms with Crippen LogP contribution in [-0.4, -0.2) is 35.6 Å². The summed E-state index contributed by atoms with van der Waals surface area (Å²) in [6, 6.07) is 0. The van der Waals surface area contributed by atoms with Crippen molar-refractivity contribution in [2.24, 2.45) is 0 Å². The van der Waals surface area contributed by atoms with Gasteiger partial charge in [-0.1, -0.05) is 155 Å². The SMILES string of the molecule is CCCCCCCCCCCCCCN(CCCCCCCCCCCCCC)CCCCC(=O)O. The monoisotopic (exact) mass is 510 g/mol. The number of hydrogen-bond acceptors (Lipinski definition) is 2. The van der Waals surface area contributed by atoms with Crippen LogP contribution in [0.1, 0.15) is 187 Å². The normalized spacial score (nSPS) is 11.5. The molecule has 0 heterocycles. The summed E-state index contributed by atoms with van der Waals surface area (Å²) in [5, 5.41) is 8.92. The van der Waals surface area contributed by atoms with Crippen LogP contribution in [0.2, 0.25) is 0 Å². The average molecular weight is 510 g/mol. The van der Waals surface area contributed by atoms with Gasteiger partial charge in [-0.25, -0.2) is 0 Å². The maximum absolute atomic E-state index is 10.8. The summed E-state index contributed by atoms with van der Waals surface area (Å²) in [4.78, 5) is 13.5. The maximum Gasteiger partial charge on any atom is 0.303 e. The van der Waals surface area contributed by atoms with Gasteiger partial charge in [0, 0.05) is 6.42 Å². The van der Waals surface area contributed by atoms with Gasteiger partial charge in [0.1, 0.15) is 0 Å². The van der Waals surface area contributed by atoms with Gasteiger partial charge in [0.25, 0.3) is 0 Å². The summed E-state index contributed by atoms with van der Waals surface area (Å²) in [6.07, 6.45) is 35.9. The summed E-state index contributed by atoms with van der Waals surface area (Å²) in [5.41, 5.74) is 0. The quantitative estimate of drug-likeness (QED) is 0.0944. The third-order valence-corrected chi connectivity index (χ3v) is 7.77. The highest BCUT2D eigenvalue weighted by atomic mass is 16.4. The Morgan fingerprint density at radius 1 is 0.417 bits per heavy atom. The molecule has 0 rings (SSSR count). The molecule has 0 aromatic heterocycles. The molecule has 0 fully saturated rings. The van der Waals surface area contributed by atoms with Crippen LogP contribution in [0.15, 0.2) is 0 Å². The third kappa shape index (κ3) is 29.7. The van der Waals surface area contributed by atoms with Crippen LogP contribution in [0.5, 0.6) is 0 Å². The van der Waals surface area contributed by atoms with Crippen LogP contribution in [0.25, 0.3) is 0 Å². The van der Waals surface area contributed by atoms with Gasteiger partial charge in [-0.05, 0) is 45.3 Å². The lowest BCUT2D eigenvalue weighted by Gasteiger charge is -2.22. The Morgan fingerprint density at radius 2 is 0.667 bits per heavy atom. The zero-order valence-electron chi connectivity index (χ0n) is 25.0. The number of rotatable bonds is 31. The van der Waals surface area contributed by atoms with Crippen molar-refractivity contribution < 1.29 is 9.90 Å². The van der Waals surface area contributed by atoms with Crippen LogP contribution in [0, 0.1) is 0 Å². The Morgan fingerprint density at radius 3 is 0.944 bits per heavy atom. The Hall–Kier alpha value is -0.570. The first-order valence-electron chi connectivity index (χ1n) is 16.6. The molecule has 0 radical (unpaired) electrons. The summed E-state index contributed by atoms with van der Waals surface area (Å²) in [7, 11) is 0. The van der Waals surface area contributed by atoms with E-state index in [1.54, 1.807) is 0 Å². The van der Waals surface area contributed by atoms with Crippen LogP contribution < -0.4 is 0 Å². The molecular weight excluding hydrogens is 442 g/mol. The first-order chi connectivity index (χ1) is 17.7. The molecule has 0 aliphatic carbocycles. The van der Waals surface area contributed by atoms with Gasteiger partial charge in [0.05, 0.1) is 0 Å². The molecule has 0 spiro atoms. The van der Waals surface area contributed by atoms with E-state index in [-0.39, 0.29) is 0 Å². The summed E-state index contributed by atoms with van der Waals surface area (Å²) < 4.78 is 0.